The molecular weight excluding hydrogens is 441 g/mol. The van der Waals surface area contributed by atoms with Crippen molar-refractivity contribution in [3.8, 4) is 5.75 Å². The van der Waals surface area contributed by atoms with Crippen LogP contribution in [0, 0.1) is 18.7 Å². The summed E-state index contributed by atoms with van der Waals surface area (Å²) in [7, 11) is 1.35. The van der Waals surface area contributed by atoms with E-state index in [9.17, 15) is 19.1 Å². The van der Waals surface area contributed by atoms with Gasteiger partial charge in [0.1, 0.15) is 0 Å². The molecule has 1 N–H and O–H groups in total. The van der Waals surface area contributed by atoms with E-state index >= 15 is 0 Å². The van der Waals surface area contributed by atoms with Gasteiger partial charge < -0.3 is 9.84 Å². The number of rotatable bonds is 5. The average molecular weight is 462 g/mol. The van der Waals surface area contributed by atoms with Crippen molar-refractivity contribution in [2.45, 2.75) is 26.7 Å². The summed E-state index contributed by atoms with van der Waals surface area (Å²) in [6.07, 6.45) is 0. The van der Waals surface area contributed by atoms with Crippen molar-refractivity contribution >= 4 is 38.7 Å². The van der Waals surface area contributed by atoms with Crippen LogP contribution < -0.4 is 4.74 Å². The Kier molecular flexibility index (Phi) is 5.80. The second kappa shape index (κ2) is 7.99. The monoisotopic (exact) mass is 461 g/mol. The Morgan fingerprint density at radius 3 is 2.31 bits per heavy atom. The maximum absolute atomic E-state index is 14.5. The van der Waals surface area contributed by atoms with Gasteiger partial charge in [0, 0.05) is 27.2 Å². The number of ether oxygens (including phenoxy) is 1. The van der Waals surface area contributed by atoms with Gasteiger partial charge in [-0.05, 0) is 48.7 Å². The molecule has 0 amide bonds. The molecule has 1 heterocycles. The van der Waals surface area contributed by atoms with Gasteiger partial charge in [0.2, 0.25) is 0 Å². The number of aliphatic carboxylic acids is 1. The quantitative estimate of drug-likeness (QED) is 0.554. The Bertz CT molecular complexity index is 1100. The van der Waals surface area contributed by atoms with Crippen LogP contribution in [0.4, 0.5) is 4.39 Å². The van der Waals surface area contributed by atoms with E-state index in [0.29, 0.717) is 27.7 Å². The van der Waals surface area contributed by atoms with Crippen LogP contribution in [0.3, 0.4) is 0 Å². The van der Waals surface area contributed by atoms with E-state index in [2.05, 4.69) is 15.9 Å². The van der Waals surface area contributed by atoms with E-state index in [1.54, 1.807) is 45.0 Å². The summed E-state index contributed by atoms with van der Waals surface area (Å²) in [6, 6.07) is 9.50. The minimum absolute atomic E-state index is 0.000106. The number of aromatic nitrogens is 1. The molecule has 0 aliphatic carbocycles. The molecule has 5 nitrogen and oxygen atoms in total. The van der Waals surface area contributed by atoms with Crippen molar-refractivity contribution in [2.24, 2.45) is 5.92 Å². The minimum atomic E-state index is -0.999. The van der Waals surface area contributed by atoms with Gasteiger partial charge in [-0.25, -0.2) is 4.39 Å². The number of hydrogen-bond acceptors (Lipinski definition) is 3. The van der Waals surface area contributed by atoms with Gasteiger partial charge in [-0.15, -0.1) is 0 Å². The Hall–Kier alpha value is -2.67. The molecule has 2 aromatic carbocycles. The summed E-state index contributed by atoms with van der Waals surface area (Å²) in [5.41, 5.74) is 1.69. The van der Waals surface area contributed by atoms with Crippen molar-refractivity contribution < 1.29 is 23.8 Å². The van der Waals surface area contributed by atoms with E-state index < -0.39 is 17.7 Å². The predicted molar refractivity (Wildman–Crippen MR) is 112 cm³/mol. The van der Waals surface area contributed by atoms with Crippen LogP contribution in [0.2, 0.25) is 0 Å². The number of methoxy groups -OCH3 is 1. The third kappa shape index (κ3) is 3.67. The van der Waals surface area contributed by atoms with Crippen LogP contribution in [0.1, 0.15) is 41.4 Å². The maximum atomic E-state index is 14.5. The first-order valence-electron chi connectivity index (χ1n) is 9.08. The second-order valence-corrected chi connectivity index (χ2v) is 8.13. The summed E-state index contributed by atoms with van der Waals surface area (Å²) in [5, 5.41) is 10.3. The summed E-state index contributed by atoms with van der Waals surface area (Å²) < 4.78 is 21.8. The molecule has 1 aromatic heterocycles. The SMILES string of the molecule is COc1cc2c(C(C(=O)O)C(C)C)c(C)n(C(=O)c3ccc(Br)cc3)c2cc1F. The first-order chi connectivity index (χ1) is 13.7. The maximum Gasteiger partial charge on any atom is 0.311 e. The molecule has 0 fully saturated rings. The molecule has 152 valence electrons. The van der Waals surface area contributed by atoms with Gasteiger partial charge in [0.25, 0.3) is 5.91 Å². The number of fused-ring (bicyclic) bond motifs is 1. The van der Waals surface area contributed by atoms with Gasteiger partial charge in [-0.1, -0.05) is 29.8 Å². The largest absolute Gasteiger partial charge is 0.494 e. The van der Waals surface area contributed by atoms with Crippen LogP contribution in [-0.4, -0.2) is 28.7 Å². The Labute approximate surface area is 176 Å². The molecule has 0 radical (unpaired) electrons. The smallest absolute Gasteiger partial charge is 0.311 e. The zero-order valence-electron chi connectivity index (χ0n) is 16.5. The zero-order valence-corrected chi connectivity index (χ0v) is 18.1. The third-order valence-corrected chi connectivity index (χ3v) is 5.59. The number of carbonyl (C=O) groups is 2. The lowest BCUT2D eigenvalue weighted by Gasteiger charge is -2.17. The zero-order chi connectivity index (χ0) is 21.5. The Balaban J connectivity index is 2.37. The highest BCUT2D eigenvalue weighted by Gasteiger charge is 2.32. The molecule has 0 aliphatic rings. The molecule has 0 aliphatic heterocycles. The van der Waals surface area contributed by atoms with E-state index in [4.69, 9.17) is 4.74 Å². The van der Waals surface area contributed by atoms with Crippen LogP contribution >= 0.6 is 15.9 Å². The van der Waals surface area contributed by atoms with Crippen LogP contribution in [0.25, 0.3) is 10.9 Å². The minimum Gasteiger partial charge on any atom is -0.494 e. The van der Waals surface area contributed by atoms with E-state index in [1.165, 1.54) is 23.8 Å². The normalized spacial score (nSPS) is 12.4. The fraction of sp³-hybridized carbons (Fsp3) is 0.273. The fourth-order valence-electron chi connectivity index (χ4n) is 3.71. The molecule has 1 unspecified atom stereocenters. The molecule has 0 spiro atoms. The average Bonchev–Trinajstić information content (AvgIpc) is 2.92. The standard InChI is InChI=1S/C22H21BrFNO4/c1-11(2)19(22(27)28)20-12(3)25(21(26)13-5-7-14(23)8-6-13)17-10-16(24)18(29-4)9-15(17)20/h5-11,19H,1-4H3,(H,27,28). The highest BCUT2D eigenvalue weighted by atomic mass is 79.9. The van der Waals surface area contributed by atoms with Gasteiger partial charge in [0.05, 0.1) is 18.5 Å². The van der Waals surface area contributed by atoms with Crippen molar-refractivity contribution in [1.82, 2.24) is 4.57 Å². The number of carbonyl (C=O) groups excluding carboxylic acids is 1. The molecular formula is C22H21BrFNO4. The summed E-state index contributed by atoms with van der Waals surface area (Å²) in [4.78, 5) is 25.3. The predicted octanol–water partition coefficient (Wildman–Crippen LogP) is 5.37. The molecule has 0 bridgehead atoms. The van der Waals surface area contributed by atoms with Crippen LogP contribution in [0.5, 0.6) is 5.75 Å². The highest BCUT2D eigenvalue weighted by Crippen LogP contribution is 2.39. The van der Waals surface area contributed by atoms with Crippen LogP contribution in [-0.2, 0) is 4.79 Å². The lowest BCUT2D eigenvalue weighted by atomic mass is 9.86. The Morgan fingerprint density at radius 2 is 1.79 bits per heavy atom. The van der Waals surface area contributed by atoms with Crippen molar-refractivity contribution in [3.63, 3.8) is 0 Å². The number of carboxylic acid groups (broad SMARTS) is 1. The first-order valence-corrected chi connectivity index (χ1v) is 9.88. The lowest BCUT2D eigenvalue weighted by molar-refractivity contribution is -0.139. The van der Waals surface area contributed by atoms with E-state index in [1.807, 2.05) is 0 Å². The van der Waals surface area contributed by atoms with Crippen molar-refractivity contribution in [3.05, 3.63) is 63.5 Å². The molecule has 29 heavy (non-hydrogen) atoms. The molecule has 1 atom stereocenters. The fourth-order valence-corrected chi connectivity index (χ4v) is 3.98. The number of carboxylic acids is 1. The summed E-state index contributed by atoms with van der Waals surface area (Å²) in [5.74, 6) is -3.06. The second-order valence-electron chi connectivity index (χ2n) is 7.21. The summed E-state index contributed by atoms with van der Waals surface area (Å²) in [6.45, 7) is 5.30. The van der Waals surface area contributed by atoms with E-state index in [-0.39, 0.29) is 17.6 Å². The van der Waals surface area contributed by atoms with Gasteiger partial charge in [-0.3, -0.25) is 14.2 Å². The molecule has 3 rings (SSSR count). The number of halogens is 2. The number of hydrogen-bond donors (Lipinski definition) is 1. The first kappa shape index (κ1) is 21.0. The lowest BCUT2D eigenvalue weighted by Crippen LogP contribution is -2.19. The summed E-state index contributed by atoms with van der Waals surface area (Å²) >= 11 is 3.34. The molecule has 0 saturated carbocycles. The topological polar surface area (TPSA) is 68.5 Å². The van der Waals surface area contributed by atoms with Crippen molar-refractivity contribution in [1.29, 1.82) is 0 Å². The Morgan fingerprint density at radius 1 is 1.17 bits per heavy atom. The van der Waals surface area contributed by atoms with Gasteiger partial charge >= 0.3 is 5.97 Å². The highest BCUT2D eigenvalue weighted by molar-refractivity contribution is 9.10. The number of nitrogens with zero attached hydrogens (tertiary/aromatic N) is 1. The van der Waals surface area contributed by atoms with Gasteiger partial charge in [-0.2, -0.15) is 0 Å². The van der Waals surface area contributed by atoms with Crippen molar-refractivity contribution in [2.75, 3.05) is 7.11 Å². The third-order valence-electron chi connectivity index (χ3n) is 5.06. The number of benzene rings is 2. The van der Waals surface area contributed by atoms with Crippen LogP contribution in [0.15, 0.2) is 40.9 Å². The van der Waals surface area contributed by atoms with E-state index in [0.717, 1.165) is 4.47 Å². The molecule has 7 heteroatoms. The molecule has 3 aromatic rings. The van der Waals surface area contributed by atoms with Gasteiger partial charge in [0.15, 0.2) is 11.6 Å². The molecule has 0 saturated heterocycles.